The first-order valence-corrected chi connectivity index (χ1v) is 24.5. The fraction of sp³-hybridized carbons (Fsp3) is 0.400. The molecule has 2 heterocycles. The van der Waals surface area contributed by atoms with Gasteiger partial charge in [0.15, 0.2) is 32.3 Å². The molecule has 0 amide bonds. The lowest BCUT2D eigenvalue weighted by atomic mass is 9.84. The van der Waals surface area contributed by atoms with Gasteiger partial charge in [-0.2, -0.15) is 0 Å². The van der Waals surface area contributed by atoms with Gasteiger partial charge in [0, 0.05) is 11.8 Å². The maximum atomic E-state index is 15.1. The van der Waals surface area contributed by atoms with Crippen molar-refractivity contribution >= 4 is 19.7 Å². The average Bonchev–Trinajstić information content (AvgIpc) is 3.27. The highest BCUT2D eigenvalue weighted by Gasteiger charge is 2.55. The quantitative estimate of drug-likeness (QED) is 0.0897. The van der Waals surface area contributed by atoms with Crippen LogP contribution in [-0.4, -0.2) is 71.4 Å². The first kappa shape index (κ1) is 45.8. The van der Waals surface area contributed by atoms with Crippen molar-refractivity contribution in [2.45, 2.75) is 106 Å². The minimum atomic E-state index is -4.19. The van der Waals surface area contributed by atoms with Gasteiger partial charge in [0.1, 0.15) is 17.5 Å². The van der Waals surface area contributed by atoms with Crippen LogP contribution in [0.15, 0.2) is 149 Å². The lowest BCUT2D eigenvalue weighted by Gasteiger charge is -2.49. The first-order chi connectivity index (χ1) is 29.8. The van der Waals surface area contributed by atoms with Gasteiger partial charge in [-0.1, -0.05) is 147 Å². The largest absolute Gasteiger partial charge is 0.374 e. The van der Waals surface area contributed by atoms with Crippen LogP contribution in [0.4, 0.5) is 0 Å². The highest BCUT2D eigenvalue weighted by atomic mass is 32.2. The van der Waals surface area contributed by atoms with Crippen LogP contribution in [0.5, 0.6) is 0 Å². The number of sulfone groups is 2. The Bertz CT molecular complexity index is 2380. The van der Waals surface area contributed by atoms with E-state index in [4.69, 9.17) is 28.4 Å². The molecular weight excluding hydrogens is 825 g/mol. The molecule has 7 rings (SSSR count). The second-order valence-corrected chi connectivity index (χ2v) is 20.9. The van der Waals surface area contributed by atoms with Crippen molar-refractivity contribution in [3.8, 4) is 0 Å². The number of benzene rings is 5. The molecule has 330 valence electrons. The Hall–Kier alpha value is -4.24. The Balaban J connectivity index is 1.26. The topological polar surface area (TPSA) is 124 Å². The van der Waals surface area contributed by atoms with Crippen molar-refractivity contribution in [1.29, 1.82) is 0 Å². The summed E-state index contributed by atoms with van der Waals surface area (Å²) in [4.78, 5) is 0.222. The van der Waals surface area contributed by atoms with Crippen molar-refractivity contribution in [1.82, 2.24) is 0 Å². The monoisotopic (exact) mass is 882 g/mol. The van der Waals surface area contributed by atoms with Crippen LogP contribution >= 0.6 is 0 Å². The summed E-state index contributed by atoms with van der Waals surface area (Å²) in [5, 5.41) is -1.27. The maximum absolute atomic E-state index is 15.1. The lowest BCUT2D eigenvalue weighted by molar-refractivity contribution is -0.332. The third-order valence-corrected chi connectivity index (χ3v) is 16.3. The zero-order valence-corrected chi connectivity index (χ0v) is 37.6. The fourth-order valence-electron chi connectivity index (χ4n) is 8.25. The summed E-state index contributed by atoms with van der Waals surface area (Å²) in [6, 6.07) is 42.5. The van der Waals surface area contributed by atoms with Crippen molar-refractivity contribution < 1.29 is 45.3 Å². The van der Waals surface area contributed by atoms with E-state index in [1.165, 1.54) is 0 Å². The summed E-state index contributed by atoms with van der Waals surface area (Å²) in [6.07, 6.45) is -5.63. The molecule has 2 aliphatic rings. The number of ether oxygens (including phenoxy) is 6. The van der Waals surface area contributed by atoms with E-state index >= 15 is 8.42 Å². The minimum absolute atomic E-state index is 0.0554. The van der Waals surface area contributed by atoms with Crippen molar-refractivity contribution in [2.24, 2.45) is 17.8 Å². The van der Waals surface area contributed by atoms with Gasteiger partial charge in [0.2, 0.25) is 0 Å². The normalized spacial score (nSPS) is 26.9. The molecule has 10 nitrogen and oxygen atoms in total. The highest BCUT2D eigenvalue weighted by Crippen LogP contribution is 2.41. The van der Waals surface area contributed by atoms with E-state index < -0.39 is 73.6 Å². The molecule has 0 spiro atoms. The second-order valence-electron chi connectivity index (χ2n) is 16.7. The van der Waals surface area contributed by atoms with Gasteiger partial charge in [-0.25, -0.2) is 16.8 Å². The van der Waals surface area contributed by atoms with E-state index in [1.807, 2.05) is 119 Å². The molecule has 0 aromatic heterocycles. The van der Waals surface area contributed by atoms with E-state index in [1.54, 1.807) is 55.5 Å². The van der Waals surface area contributed by atoms with Gasteiger partial charge in [0.05, 0.1) is 54.2 Å². The lowest BCUT2D eigenvalue weighted by Crippen LogP contribution is -2.62. The molecule has 0 radical (unpaired) electrons. The summed E-state index contributed by atoms with van der Waals surface area (Å²) < 4.78 is 98.4. The first-order valence-electron chi connectivity index (χ1n) is 21.3. The van der Waals surface area contributed by atoms with Crippen molar-refractivity contribution in [2.75, 3.05) is 12.4 Å². The van der Waals surface area contributed by atoms with Gasteiger partial charge in [-0.3, -0.25) is 0 Å². The summed E-state index contributed by atoms with van der Waals surface area (Å²) >= 11 is 0. The third kappa shape index (κ3) is 11.1. The fourth-order valence-corrected chi connectivity index (χ4v) is 11.9. The molecule has 5 aromatic rings. The zero-order chi connectivity index (χ0) is 43.9. The molecule has 2 aliphatic heterocycles. The highest BCUT2D eigenvalue weighted by molar-refractivity contribution is 7.92. The van der Waals surface area contributed by atoms with Crippen LogP contribution in [0.1, 0.15) is 48.6 Å². The summed E-state index contributed by atoms with van der Waals surface area (Å²) in [5.41, 5.74) is 4.62. The van der Waals surface area contributed by atoms with Crippen LogP contribution in [0.3, 0.4) is 0 Å². The maximum Gasteiger partial charge on any atom is 0.185 e. The molecule has 10 atom stereocenters. The second kappa shape index (κ2) is 20.5. The molecule has 0 saturated carbocycles. The third-order valence-electron chi connectivity index (χ3n) is 12.2. The Labute approximate surface area is 367 Å². The van der Waals surface area contributed by atoms with Gasteiger partial charge in [-0.15, -0.1) is 0 Å². The predicted molar refractivity (Wildman–Crippen MR) is 237 cm³/mol. The minimum Gasteiger partial charge on any atom is -0.374 e. The average molecular weight is 883 g/mol. The van der Waals surface area contributed by atoms with E-state index in [0.717, 1.165) is 27.8 Å². The van der Waals surface area contributed by atoms with Gasteiger partial charge >= 0.3 is 0 Å². The molecule has 2 fully saturated rings. The molecule has 2 saturated heterocycles. The van der Waals surface area contributed by atoms with Gasteiger partial charge in [0.25, 0.3) is 0 Å². The van der Waals surface area contributed by atoms with Crippen molar-refractivity contribution in [3.05, 3.63) is 167 Å². The summed E-state index contributed by atoms with van der Waals surface area (Å²) in [7, 11) is -8.16. The predicted octanol–water partition coefficient (Wildman–Crippen LogP) is 8.68. The standard InChI is InChI=1S/C50H58O10S2/c1-34-21-25-42(26-22-34)61(51,52)33-45-38(5)48(62(53,54)43-27-23-35(2)24-28-43)47(56-30-40-17-11-7-12-18-40)50(59-45)60-46-36(3)37(4)49(57-31-41-19-13-8-14-20-41)58-44(46)32-55-29-39-15-9-6-10-16-39/h6-28,36-38,44-50H,29-33H2,1-5H3/t36-,37?,38-,44?,45?,46+,47?,48+,49-,50+/m1/s1. The number of hydrogen-bond donors (Lipinski definition) is 0. The molecule has 4 unspecified atom stereocenters. The SMILES string of the molecule is Cc1ccc(S(=O)(=O)CC2O[C@@H](O[C@@H]3C(COCc4ccccc4)O[C@@H](OCc4ccccc4)C(C)[C@H]3C)C(OCc3ccccc3)[C@@H](S(=O)(=O)c3ccc(C)cc3)[C@@H]2C)cc1. The Kier molecular flexibility index (Phi) is 15.1. The van der Waals surface area contributed by atoms with Gasteiger partial charge in [-0.05, 0) is 60.7 Å². The molecular formula is C50H58O10S2. The van der Waals surface area contributed by atoms with Crippen LogP contribution in [0.25, 0.3) is 0 Å². The molecule has 0 bridgehead atoms. The number of aryl methyl sites for hydroxylation is 2. The van der Waals surface area contributed by atoms with Gasteiger partial charge < -0.3 is 28.4 Å². The molecule has 5 aromatic carbocycles. The smallest absolute Gasteiger partial charge is 0.185 e. The molecule has 0 N–H and O–H groups in total. The number of hydrogen-bond acceptors (Lipinski definition) is 10. The van der Waals surface area contributed by atoms with Crippen LogP contribution in [0.2, 0.25) is 0 Å². The summed E-state index contributed by atoms with van der Waals surface area (Å²) in [6.45, 7) is 10.4. The molecule has 0 aliphatic carbocycles. The Morgan fingerprint density at radius 2 is 0.984 bits per heavy atom. The van der Waals surface area contributed by atoms with E-state index in [9.17, 15) is 8.42 Å². The molecule has 62 heavy (non-hydrogen) atoms. The Morgan fingerprint density at radius 1 is 0.500 bits per heavy atom. The van der Waals surface area contributed by atoms with Crippen LogP contribution in [-0.2, 0) is 67.9 Å². The van der Waals surface area contributed by atoms with Crippen LogP contribution < -0.4 is 0 Å². The van der Waals surface area contributed by atoms with Crippen LogP contribution in [0, 0.1) is 31.6 Å². The number of rotatable bonds is 17. The zero-order valence-electron chi connectivity index (χ0n) is 36.0. The Morgan fingerprint density at radius 3 is 1.53 bits per heavy atom. The van der Waals surface area contributed by atoms with E-state index in [0.29, 0.717) is 13.2 Å². The van der Waals surface area contributed by atoms with Crippen molar-refractivity contribution in [3.63, 3.8) is 0 Å². The van der Waals surface area contributed by atoms with E-state index in [2.05, 4.69) is 0 Å². The molecule has 12 heteroatoms. The summed E-state index contributed by atoms with van der Waals surface area (Å²) in [5.74, 6) is -1.74. The van der Waals surface area contributed by atoms with E-state index in [-0.39, 0.29) is 34.8 Å².